The molecular weight excluding hydrogens is 260 g/mol. The lowest BCUT2D eigenvalue weighted by molar-refractivity contribution is -0.137. The Hall–Kier alpha value is -0.810. The fourth-order valence-electron chi connectivity index (χ4n) is 1.39. The van der Waals surface area contributed by atoms with Gasteiger partial charge in [-0.15, -0.1) is 0 Å². The van der Waals surface area contributed by atoms with Gasteiger partial charge in [-0.2, -0.15) is 13.2 Å². The van der Waals surface area contributed by atoms with Crippen molar-refractivity contribution in [2.75, 3.05) is 0 Å². The quantitative estimate of drug-likeness (QED) is 0.799. The molecule has 0 spiro atoms. The van der Waals surface area contributed by atoms with Crippen LogP contribution in [-0.2, 0) is 6.18 Å². The van der Waals surface area contributed by atoms with Crippen LogP contribution < -0.4 is 0 Å². The van der Waals surface area contributed by atoms with Gasteiger partial charge in [0.15, 0.2) is 0 Å². The van der Waals surface area contributed by atoms with Crippen LogP contribution in [0.1, 0.15) is 31.1 Å². The van der Waals surface area contributed by atoms with E-state index in [9.17, 15) is 22.7 Å². The number of aliphatic hydroxyl groups is 1. The van der Waals surface area contributed by atoms with Gasteiger partial charge >= 0.3 is 6.18 Å². The van der Waals surface area contributed by atoms with E-state index in [2.05, 4.69) is 0 Å². The first-order valence-corrected chi connectivity index (χ1v) is 5.27. The second-order valence-corrected chi connectivity index (χ2v) is 4.39. The van der Waals surface area contributed by atoms with E-state index in [1.807, 2.05) is 0 Å². The van der Waals surface area contributed by atoms with Crippen LogP contribution in [0.25, 0.3) is 0 Å². The van der Waals surface area contributed by atoms with Crippen LogP contribution in [-0.4, -0.2) is 5.11 Å². The number of hydrogen-bond donors (Lipinski definition) is 1. The smallest absolute Gasteiger partial charge is 0.388 e. The topological polar surface area (TPSA) is 20.2 Å². The van der Waals surface area contributed by atoms with Crippen LogP contribution in [0.15, 0.2) is 12.1 Å². The first-order valence-electron chi connectivity index (χ1n) is 4.89. The average Bonchev–Trinajstić information content (AvgIpc) is 2.14. The Bertz CT molecular complexity index is 415. The van der Waals surface area contributed by atoms with Gasteiger partial charge in [-0.05, 0) is 18.1 Å². The zero-order valence-corrected chi connectivity index (χ0v) is 9.90. The minimum Gasteiger partial charge on any atom is -0.388 e. The van der Waals surface area contributed by atoms with Gasteiger partial charge in [-0.1, -0.05) is 25.4 Å². The number of aliphatic hydroxyl groups excluding tert-OH is 1. The van der Waals surface area contributed by atoms with Crippen molar-refractivity contribution >= 4 is 11.6 Å². The average molecular weight is 271 g/mol. The van der Waals surface area contributed by atoms with Crippen LogP contribution in [0.2, 0.25) is 5.02 Å². The molecule has 1 aromatic rings. The third-order valence-electron chi connectivity index (χ3n) is 2.36. The molecule has 0 radical (unpaired) electrons. The highest BCUT2D eigenvalue weighted by atomic mass is 35.5. The summed E-state index contributed by atoms with van der Waals surface area (Å²) in [7, 11) is 0. The summed E-state index contributed by atoms with van der Waals surface area (Å²) in [6.07, 6.45) is -6.04. The molecule has 1 nitrogen and oxygen atoms in total. The molecule has 1 aromatic carbocycles. The predicted octanol–water partition coefficient (Wildman–Crippen LogP) is 4.19. The summed E-state index contributed by atoms with van der Waals surface area (Å²) >= 11 is 5.52. The summed E-state index contributed by atoms with van der Waals surface area (Å²) in [4.78, 5) is 0. The van der Waals surface area contributed by atoms with Gasteiger partial charge in [0.2, 0.25) is 0 Å². The van der Waals surface area contributed by atoms with Gasteiger partial charge in [0.25, 0.3) is 0 Å². The molecule has 1 rings (SSSR count). The highest BCUT2D eigenvalue weighted by Crippen LogP contribution is 2.40. The second-order valence-electron chi connectivity index (χ2n) is 4.01. The molecule has 17 heavy (non-hydrogen) atoms. The summed E-state index contributed by atoms with van der Waals surface area (Å²) in [5.74, 6) is -1.38. The van der Waals surface area contributed by atoms with Crippen molar-refractivity contribution in [1.82, 2.24) is 0 Å². The Balaban J connectivity index is 3.40. The standard InChI is InChI=1S/C11H11ClF4O/c1-5(2)10(17)8-7(13)4-3-6(9(8)12)11(14,15)16/h3-5,10,17H,1-2H3. The molecule has 0 bridgehead atoms. The summed E-state index contributed by atoms with van der Waals surface area (Å²) < 4.78 is 51.0. The van der Waals surface area contributed by atoms with E-state index in [4.69, 9.17) is 11.6 Å². The molecule has 1 atom stereocenters. The SMILES string of the molecule is CC(C)C(O)c1c(F)ccc(C(F)(F)F)c1Cl. The molecule has 0 amide bonds. The Labute approximate surface area is 101 Å². The van der Waals surface area contributed by atoms with Crippen molar-refractivity contribution in [2.45, 2.75) is 26.1 Å². The van der Waals surface area contributed by atoms with E-state index in [1.54, 1.807) is 13.8 Å². The van der Waals surface area contributed by atoms with Gasteiger partial charge < -0.3 is 5.11 Å². The summed E-state index contributed by atoms with van der Waals surface area (Å²) in [5.41, 5.74) is -1.65. The largest absolute Gasteiger partial charge is 0.417 e. The lowest BCUT2D eigenvalue weighted by Crippen LogP contribution is -2.13. The zero-order chi connectivity index (χ0) is 13.4. The summed E-state index contributed by atoms with van der Waals surface area (Å²) in [6, 6.07) is 1.23. The number of hydrogen-bond acceptors (Lipinski definition) is 1. The van der Waals surface area contributed by atoms with Crippen LogP contribution in [0, 0.1) is 11.7 Å². The van der Waals surface area contributed by atoms with Gasteiger partial charge in [-0.25, -0.2) is 4.39 Å². The van der Waals surface area contributed by atoms with Crippen LogP contribution in [0.3, 0.4) is 0 Å². The van der Waals surface area contributed by atoms with Crippen molar-refractivity contribution in [3.63, 3.8) is 0 Å². The van der Waals surface area contributed by atoms with Crippen molar-refractivity contribution < 1.29 is 22.7 Å². The second kappa shape index (κ2) is 4.82. The molecule has 0 saturated heterocycles. The molecule has 0 fully saturated rings. The predicted molar refractivity (Wildman–Crippen MR) is 56.2 cm³/mol. The Morgan fingerprint density at radius 2 is 1.76 bits per heavy atom. The minimum atomic E-state index is -4.67. The molecule has 0 aliphatic heterocycles. The molecule has 0 aliphatic rings. The van der Waals surface area contributed by atoms with Crippen LogP contribution >= 0.6 is 11.6 Å². The highest BCUT2D eigenvalue weighted by Gasteiger charge is 2.36. The molecule has 1 N–H and O–H groups in total. The normalized spacial score (nSPS) is 14.2. The van der Waals surface area contributed by atoms with E-state index >= 15 is 0 Å². The molecule has 96 valence electrons. The Morgan fingerprint density at radius 3 is 2.18 bits per heavy atom. The number of benzene rings is 1. The monoisotopic (exact) mass is 270 g/mol. The highest BCUT2D eigenvalue weighted by molar-refractivity contribution is 6.32. The Morgan fingerprint density at radius 1 is 1.24 bits per heavy atom. The maximum Gasteiger partial charge on any atom is 0.417 e. The van der Waals surface area contributed by atoms with E-state index in [1.165, 1.54) is 0 Å². The van der Waals surface area contributed by atoms with Crippen molar-refractivity contribution in [2.24, 2.45) is 5.92 Å². The van der Waals surface area contributed by atoms with Crippen molar-refractivity contribution in [3.8, 4) is 0 Å². The number of rotatable bonds is 2. The zero-order valence-electron chi connectivity index (χ0n) is 9.15. The van der Waals surface area contributed by atoms with Crippen LogP contribution in [0.4, 0.5) is 17.6 Å². The summed E-state index contributed by atoms with van der Waals surface area (Å²) in [5, 5.41) is 8.88. The van der Waals surface area contributed by atoms with Crippen molar-refractivity contribution in [1.29, 1.82) is 0 Å². The molecule has 0 aliphatic carbocycles. The van der Waals surface area contributed by atoms with E-state index in [0.29, 0.717) is 12.1 Å². The van der Waals surface area contributed by atoms with Gasteiger partial charge in [0.1, 0.15) is 5.82 Å². The maximum absolute atomic E-state index is 13.4. The lowest BCUT2D eigenvalue weighted by Gasteiger charge is -2.19. The van der Waals surface area contributed by atoms with E-state index in [0.717, 1.165) is 0 Å². The number of halogens is 5. The molecule has 0 aromatic heterocycles. The molecular formula is C11H11ClF4O. The first kappa shape index (κ1) is 14.3. The molecule has 6 heteroatoms. The number of alkyl halides is 3. The fourth-order valence-corrected chi connectivity index (χ4v) is 1.76. The third kappa shape index (κ3) is 2.90. The van der Waals surface area contributed by atoms with Crippen LogP contribution in [0.5, 0.6) is 0 Å². The fraction of sp³-hybridized carbons (Fsp3) is 0.455. The first-order chi connectivity index (χ1) is 7.66. The van der Waals surface area contributed by atoms with Gasteiger partial charge in [0, 0.05) is 5.56 Å². The molecule has 0 heterocycles. The van der Waals surface area contributed by atoms with Gasteiger partial charge in [-0.3, -0.25) is 0 Å². The van der Waals surface area contributed by atoms with Gasteiger partial charge in [0.05, 0.1) is 16.7 Å². The summed E-state index contributed by atoms with van der Waals surface area (Å²) in [6.45, 7) is 3.11. The van der Waals surface area contributed by atoms with E-state index in [-0.39, 0.29) is 0 Å². The minimum absolute atomic E-state index is 0.439. The van der Waals surface area contributed by atoms with Crippen molar-refractivity contribution in [3.05, 3.63) is 34.1 Å². The molecule has 0 saturated carbocycles. The van der Waals surface area contributed by atoms with E-state index < -0.39 is 40.2 Å². The third-order valence-corrected chi connectivity index (χ3v) is 2.77. The Kier molecular flexibility index (Phi) is 4.04. The maximum atomic E-state index is 13.4. The lowest BCUT2D eigenvalue weighted by atomic mass is 9.96. The molecule has 1 unspecified atom stereocenters.